The third kappa shape index (κ3) is 5.46. The van der Waals surface area contributed by atoms with Crippen LogP contribution in [-0.4, -0.2) is 80.4 Å². The van der Waals surface area contributed by atoms with E-state index in [9.17, 15) is 14.7 Å². The molecule has 3 N–H and O–H groups in total. The van der Waals surface area contributed by atoms with Gasteiger partial charge in [0.15, 0.2) is 5.82 Å². The van der Waals surface area contributed by atoms with Gasteiger partial charge in [-0.05, 0) is 38.1 Å². The molecule has 3 aromatic rings. The molecule has 1 aromatic carbocycles. The summed E-state index contributed by atoms with van der Waals surface area (Å²) in [5.41, 5.74) is 2.78. The van der Waals surface area contributed by atoms with Crippen molar-refractivity contribution in [3.8, 4) is 22.6 Å². The maximum atomic E-state index is 12.9. The highest BCUT2D eigenvalue weighted by Crippen LogP contribution is 2.23. The average Bonchev–Trinajstić information content (AvgIpc) is 3.12. The number of carbonyl (C=O) groups excluding carboxylic acids is 2. The van der Waals surface area contributed by atoms with Gasteiger partial charge in [0.25, 0.3) is 11.8 Å². The maximum Gasteiger partial charge on any atom is 0.270 e. The topological polar surface area (TPSA) is 125 Å². The molecule has 10 heteroatoms. The second-order valence-electron chi connectivity index (χ2n) is 8.39. The minimum absolute atomic E-state index is 0.00652. The summed E-state index contributed by atoms with van der Waals surface area (Å²) < 4.78 is 1.64. The van der Waals surface area contributed by atoms with Gasteiger partial charge in [0.1, 0.15) is 5.69 Å². The number of rotatable bonds is 6. The molecule has 1 aliphatic heterocycles. The van der Waals surface area contributed by atoms with Crippen LogP contribution in [0.4, 0.5) is 0 Å². The molecule has 0 unspecified atom stereocenters. The molecule has 0 spiro atoms. The summed E-state index contributed by atoms with van der Waals surface area (Å²) in [6.45, 7) is 4.66. The Bertz CT molecular complexity index is 1150. The maximum absolute atomic E-state index is 12.9. The van der Waals surface area contributed by atoms with Crippen LogP contribution in [-0.2, 0) is 7.05 Å². The molecule has 1 saturated heterocycles. The van der Waals surface area contributed by atoms with Crippen molar-refractivity contribution in [2.45, 2.75) is 19.4 Å². The molecule has 2 aromatic heterocycles. The minimum atomic E-state index is -0.410. The molecule has 1 atom stereocenters. The normalized spacial score (nSPS) is 15.0. The lowest BCUT2D eigenvalue weighted by Gasteiger charge is -2.20. The van der Waals surface area contributed by atoms with E-state index in [1.807, 2.05) is 17.0 Å². The third-order valence-electron chi connectivity index (χ3n) is 5.63. The van der Waals surface area contributed by atoms with Crippen molar-refractivity contribution in [3.63, 3.8) is 0 Å². The number of aliphatic hydroxyl groups excluding tert-OH is 1. The van der Waals surface area contributed by atoms with Gasteiger partial charge in [0, 0.05) is 50.0 Å². The largest absolute Gasteiger partial charge is 0.394 e. The Hall–Kier alpha value is -3.63. The smallest absolute Gasteiger partial charge is 0.270 e. The molecule has 0 saturated carbocycles. The lowest BCUT2D eigenvalue weighted by molar-refractivity contribution is 0.0766. The predicted octanol–water partition coefficient (Wildman–Crippen LogP) is 1.09. The SMILES string of the molecule is C[C@@H](CO)NC(=O)c1cc(-c2ccc(C(=O)N3CCCNCC3)cc2)nc(-c2cnn(C)c2)n1. The van der Waals surface area contributed by atoms with Crippen molar-refractivity contribution < 1.29 is 14.7 Å². The monoisotopic (exact) mass is 463 g/mol. The summed E-state index contributed by atoms with van der Waals surface area (Å²) in [4.78, 5) is 36.6. The molecule has 1 fully saturated rings. The molecule has 10 nitrogen and oxygen atoms in total. The quantitative estimate of drug-likeness (QED) is 0.500. The zero-order chi connectivity index (χ0) is 24.1. The number of benzene rings is 1. The number of aliphatic hydroxyl groups is 1. The number of hydrogen-bond acceptors (Lipinski definition) is 7. The molecular weight excluding hydrogens is 434 g/mol. The highest BCUT2D eigenvalue weighted by molar-refractivity contribution is 5.95. The number of amides is 2. The minimum Gasteiger partial charge on any atom is -0.394 e. The van der Waals surface area contributed by atoms with Crippen molar-refractivity contribution in [2.75, 3.05) is 32.8 Å². The summed E-state index contributed by atoms with van der Waals surface area (Å²) >= 11 is 0. The number of nitrogens with one attached hydrogen (secondary N) is 2. The van der Waals surface area contributed by atoms with E-state index in [-0.39, 0.29) is 18.2 Å². The third-order valence-corrected chi connectivity index (χ3v) is 5.63. The Kier molecular flexibility index (Phi) is 7.29. The molecule has 1 aliphatic rings. The van der Waals surface area contributed by atoms with E-state index in [1.165, 1.54) is 0 Å². The molecule has 3 heterocycles. The van der Waals surface area contributed by atoms with Gasteiger partial charge in [-0.1, -0.05) is 12.1 Å². The van der Waals surface area contributed by atoms with Crippen molar-refractivity contribution in [2.24, 2.45) is 7.05 Å². The standard InChI is InChI=1S/C24H29N7O3/c1-16(15-32)27-23(33)21-12-20(28-22(29-21)19-13-26-30(2)14-19)17-4-6-18(7-5-17)24(34)31-10-3-8-25-9-11-31/h4-7,12-14,16,25,32H,3,8-11,15H2,1-2H3,(H,27,33)/t16-/m0/s1. The zero-order valence-corrected chi connectivity index (χ0v) is 19.4. The molecule has 2 amide bonds. The van der Waals surface area contributed by atoms with E-state index in [0.717, 1.165) is 31.6 Å². The van der Waals surface area contributed by atoms with E-state index < -0.39 is 11.9 Å². The van der Waals surface area contributed by atoms with Crippen LogP contribution in [0.3, 0.4) is 0 Å². The first kappa shape index (κ1) is 23.5. The first-order valence-electron chi connectivity index (χ1n) is 11.3. The summed E-state index contributed by atoms with van der Waals surface area (Å²) in [6.07, 6.45) is 4.34. The van der Waals surface area contributed by atoms with E-state index in [4.69, 9.17) is 0 Å². The Morgan fingerprint density at radius 2 is 1.94 bits per heavy atom. The highest BCUT2D eigenvalue weighted by atomic mass is 16.3. The summed E-state index contributed by atoms with van der Waals surface area (Å²) in [5.74, 6) is -0.0337. The van der Waals surface area contributed by atoms with E-state index >= 15 is 0 Å². The fourth-order valence-electron chi connectivity index (χ4n) is 3.74. The van der Waals surface area contributed by atoms with Gasteiger partial charge >= 0.3 is 0 Å². The van der Waals surface area contributed by atoms with Gasteiger partial charge in [-0.15, -0.1) is 0 Å². The van der Waals surface area contributed by atoms with Crippen LogP contribution in [0, 0.1) is 0 Å². The fraction of sp³-hybridized carbons (Fsp3) is 0.375. The van der Waals surface area contributed by atoms with Crippen molar-refractivity contribution in [1.29, 1.82) is 0 Å². The first-order chi connectivity index (χ1) is 16.4. The van der Waals surface area contributed by atoms with Gasteiger partial charge in [-0.2, -0.15) is 5.10 Å². The number of aromatic nitrogens is 4. The second-order valence-corrected chi connectivity index (χ2v) is 8.39. The Labute approximate surface area is 198 Å². The second kappa shape index (κ2) is 10.5. The van der Waals surface area contributed by atoms with Crippen molar-refractivity contribution >= 4 is 11.8 Å². The van der Waals surface area contributed by atoms with Crippen LogP contribution in [0.2, 0.25) is 0 Å². The van der Waals surface area contributed by atoms with E-state index in [1.54, 1.807) is 49.2 Å². The lowest BCUT2D eigenvalue weighted by atomic mass is 10.1. The molecular formula is C24H29N7O3. The Morgan fingerprint density at radius 1 is 1.15 bits per heavy atom. The number of hydrogen-bond donors (Lipinski definition) is 3. The molecule has 0 radical (unpaired) electrons. The molecule has 4 rings (SSSR count). The zero-order valence-electron chi connectivity index (χ0n) is 19.4. The molecule has 0 aliphatic carbocycles. The van der Waals surface area contributed by atoms with E-state index in [2.05, 4.69) is 25.7 Å². The molecule has 0 bridgehead atoms. The van der Waals surface area contributed by atoms with Gasteiger partial charge in [0.2, 0.25) is 0 Å². The van der Waals surface area contributed by atoms with Crippen molar-refractivity contribution in [1.82, 2.24) is 35.3 Å². The summed E-state index contributed by atoms with van der Waals surface area (Å²) in [5, 5.41) is 19.5. The summed E-state index contributed by atoms with van der Waals surface area (Å²) in [7, 11) is 1.79. The van der Waals surface area contributed by atoms with Crippen LogP contribution < -0.4 is 10.6 Å². The fourth-order valence-corrected chi connectivity index (χ4v) is 3.74. The van der Waals surface area contributed by atoms with Crippen LogP contribution in [0.15, 0.2) is 42.7 Å². The van der Waals surface area contributed by atoms with Gasteiger partial charge in [-0.25, -0.2) is 9.97 Å². The predicted molar refractivity (Wildman–Crippen MR) is 127 cm³/mol. The van der Waals surface area contributed by atoms with Crippen LogP contribution in [0.1, 0.15) is 34.2 Å². The van der Waals surface area contributed by atoms with Gasteiger partial charge in [0.05, 0.1) is 24.1 Å². The van der Waals surface area contributed by atoms with Gasteiger partial charge in [-0.3, -0.25) is 14.3 Å². The Balaban J connectivity index is 1.65. The average molecular weight is 464 g/mol. The molecule has 178 valence electrons. The van der Waals surface area contributed by atoms with Crippen molar-refractivity contribution in [3.05, 3.63) is 54.0 Å². The van der Waals surface area contributed by atoms with Gasteiger partial charge < -0.3 is 20.6 Å². The summed E-state index contributed by atoms with van der Waals surface area (Å²) in [6, 6.07) is 8.43. The Morgan fingerprint density at radius 3 is 2.65 bits per heavy atom. The first-order valence-corrected chi connectivity index (χ1v) is 11.3. The van der Waals surface area contributed by atoms with E-state index in [0.29, 0.717) is 29.2 Å². The molecule has 34 heavy (non-hydrogen) atoms. The van der Waals surface area contributed by atoms with Crippen LogP contribution in [0.5, 0.6) is 0 Å². The lowest BCUT2D eigenvalue weighted by Crippen LogP contribution is -2.35. The number of carbonyl (C=O) groups is 2. The highest BCUT2D eigenvalue weighted by Gasteiger charge is 2.19. The van der Waals surface area contributed by atoms with Crippen LogP contribution in [0.25, 0.3) is 22.6 Å². The van der Waals surface area contributed by atoms with Crippen LogP contribution >= 0.6 is 0 Å². The number of aryl methyl sites for hydroxylation is 1. The number of nitrogens with zero attached hydrogens (tertiary/aromatic N) is 5.